The fraction of sp³-hybridized carbons (Fsp3) is 0.600. The lowest BCUT2D eigenvalue weighted by atomic mass is 9.99. The maximum Gasteiger partial charge on any atom is 0.238 e. The fourth-order valence-corrected chi connectivity index (χ4v) is 0.578. The molecule has 0 saturated heterocycles. The molecular formula is C5H12B2N2O2. The monoisotopic (exact) mass is 154 g/mol. The highest BCUT2D eigenvalue weighted by Gasteiger charge is 2.02. The molecule has 0 spiro atoms. The Kier molecular flexibility index (Phi) is 4.41. The van der Waals surface area contributed by atoms with Crippen LogP contribution in [-0.4, -0.2) is 39.9 Å². The van der Waals surface area contributed by atoms with Crippen molar-refractivity contribution in [3.8, 4) is 0 Å². The number of nitrogens with one attached hydrogen (secondary N) is 2. The standard InChI is InChI=1S/C5H12B2N2O2/c1-3(6)9-4(10)2-8-5(7)11/h3H,2,6-7H2,1H3,(H,8,11)(H,9,10). The summed E-state index contributed by atoms with van der Waals surface area (Å²) in [7, 11) is 3.24. The second-order valence-corrected chi connectivity index (χ2v) is 2.63. The van der Waals surface area contributed by atoms with Gasteiger partial charge in [0.2, 0.25) is 13.8 Å². The van der Waals surface area contributed by atoms with Crippen molar-refractivity contribution in [2.75, 3.05) is 6.54 Å². The molecule has 0 aliphatic heterocycles. The second-order valence-electron chi connectivity index (χ2n) is 2.63. The molecule has 0 saturated carbocycles. The van der Waals surface area contributed by atoms with Gasteiger partial charge in [0.15, 0.2) is 5.81 Å². The Morgan fingerprint density at radius 2 is 2.09 bits per heavy atom. The smallest absolute Gasteiger partial charge is 0.238 e. The zero-order valence-electron chi connectivity index (χ0n) is 7.10. The Morgan fingerprint density at radius 3 is 2.45 bits per heavy atom. The summed E-state index contributed by atoms with van der Waals surface area (Å²) >= 11 is 0. The first kappa shape index (κ1) is 10.1. The third-order valence-electron chi connectivity index (χ3n) is 0.948. The molecule has 0 rings (SSSR count). The number of amides is 2. The van der Waals surface area contributed by atoms with Crippen LogP contribution in [-0.2, 0) is 4.79 Å². The lowest BCUT2D eigenvalue weighted by Crippen LogP contribution is -2.40. The van der Waals surface area contributed by atoms with E-state index in [9.17, 15) is 9.59 Å². The van der Waals surface area contributed by atoms with Crippen molar-refractivity contribution >= 4 is 27.4 Å². The van der Waals surface area contributed by atoms with Gasteiger partial charge in [0.05, 0.1) is 6.54 Å². The lowest BCUT2D eigenvalue weighted by molar-refractivity contribution is -0.120. The minimum absolute atomic E-state index is 0.0630. The molecule has 60 valence electrons. The molecule has 6 heteroatoms. The van der Waals surface area contributed by atoms with Crippen molar-refractivity contribution in [2.24, 2.45) is 0 Å². The largest absolute Gasteiger partial charge is 0.360 e. The van der Waals surface area contributed by atoms with Crippen molar-refractivity contribution in [3.63, 3.8) is 0 Å². The van der Waals surface area contributed by atoms with E-state index in [0.29, 0.717) is 0 Å². The van der Waals surface area contributed by atoms with Crippen LogP contribution in [0.5, 0.6) is 0 Å². The third kappa shape index (κ3) is 6.96. The molecule has 0 bridgehead atoms. The van der Waals surface area contributed by atoms with Crippen LogP contribution in [0.25, 0.3) is 0 Å². The summed E-state index contributed by atoms with van der Waals surface area (Å²) in [6.07, 6.45) is 0. The summed E-state index contributed by atoms with van der Waals surface area (Å²) in [6.45, 7) is 1.93. The van der Waals surface area contributed by atoms with Gasteiger partial charge < -0.3 is 10.6 Å². The highest BCUT2D eigenvalue weighted by molar-refractivity contribution is 6.57. The number of hydrogen-bond acceptors (Lipinski definition) is 2. The van der Waals surface area contributed by atoms with Crippen molar-refractivity contribution in [1.82, 2.24) is 10.6 Å². The minimum atomic E-state index is -0.191. The molecule has 2 N–H and O–H groups in total. The van der Waals surface area contributed by atoms with Gasteiger partial charge in [-0.3, -0.25) is 9.59 Å². The molecule has 11 heavy (non-hydrogen) atoms. The first-order valence-corrected chi connectivity index (χ1v) is 3.56. The van der Waals surface area contributed by atoms with Gasteiger partial charge in [-0.15, -0.1) is 0 Å². The summed E-state index contributed by atoms with van der Waals surface area (Å²) in [6, 6.07) is 0. The van der Waals surface area contributed by atoms with E-state index in [2.05, 4.69) is 10.6 Å². The van der Waals surface area contributed by atoms with Crippen LogP contribution in [0.2, 0.25) is 0 Å². The molecule has 0 aromatic heterocycles. The number of hydrogen-bond donors (Lipinski definition) is 2. The first-order valence-electron chi connectivity index (χ1n) is 3.56. The molecule has 0 aromatic carbocycles. The van der Waals surface area contributed by atoms with Crippen LogP contribution < -0.4 is 10.6 Å². The molecule has 0 aromatic rings. The minimum Gasteiger partial charge on any atom is -0.360 e. The van der Waals surface area contributed by atoms with E-state index in [4.69, 9.17) is 0 Å². The van der Waals surface area contributed by atoms with Gasteiger partial charge in [0.1, 0.15) is 7.85 Å². The number of rotatable bonds is 3. The summed E-state index contributed by atoms with van der Waals surface area (Å²) in [5.41, 5.74) is 0. The molecule has 1 unspecified atom stereocenters. The van der Waals surface area contributed by atoms with Crippen molar-refractivity contribution in [3.05, 3.63) is 0 Å². The Balaban J connectivity index is 3.45. The van der Waals surface area contributed by atoms with Gasteiger partial charge in [-0.1, -0.05) is 6.92 Å². The van der Waals surface area contributed by atoms with Crippen molar-refractivity contribution < 1.29 is 9.59 Å². The van der Waals surface area contributed by atoms with E-state index < -0.39 is 0 Å². The van der Waals surface area contributed by atoms with Crippen LogP contribution in [0.15, 0.2) is 0 Å². The molecule has 0 aliphatic carbocycles. The highest BCUT2D eigenvalue weighted by Crippen LogP contribution is 1.70. The molecule has 0 radical (unpaired) electrons. The predicted octanol–water partition coefficient (Wildman–Crippen LogP) is -2.58. The van der Waals surface area contributed by atoms with E-state index in [1.165, 1.54) is 7.85 Å². The lowest BCUT2D eigenvalue weighted by Gasteiger charge is -2.07. The summed E-state index contributed by atoms with van der Waals surface area (Å²) < 4.78 is 0. The zero-order valence-corrected chi connectivity index (χ0v) is 7.10. The van der Waals surface area contributed by atoms with E-state index in [0.717, 1.165) is 0 Å². The third-order valence-corrected chi connectivity index (χ3v) is 0.948. The van der Waals surface area contributed by atoms with Gasteiger partial charge in [-0.05, 0) is 5.94 Å². The number of carbonyl (C=O) groups excluding carboxylic acids is 2. The van der Waals surface area contributed by atoms with Gasteiger partial charge in [0, 0.05) is 0 Å². The molecule has 1 atom stereocenters. The van der Waals surface area contributed by atoms with Gasteiger partial charge in [0.25, 0.3) is 0 Å². The first-order chi connectivity index (χ1) is 5.02. The Hall–Kier alpha value is -0.930. The van der Waals surface area contributed by atoms with Crippen molar-refractivity contribution in [2.45, 2.75) is 12.9 Å². The van der Waals surface area contributed by atoms with Gasteiger partial charge >= 0.3 is 0 Å². The van der Waals surface area contributed by atoms with E-state index >= 15 is 0 Å². The maximum absolute atomic E-state index is 10.8. The summed E-state index contributed by atoms with van der Waals surface area (Å²) in [4.78, 5) is 21.2. The summed E-state index contributed by atoms with van der Waals surface area (Å²) in [5, 5.41) is 5.04. The van der Waals surface area contributed by atoms with Gasteiger partial charge in [-0.25, -0.2) is 0 Å². The molecule has 0 heterocycles. The SMILES string of the molecule is BC(=O)NCC(=O)NC(B)C. The molecular weight excluding hydrogens is 142 g/mol. The zero-order chi connectivity index (χ0) is 8.85. The topological polar surface area (TPSA) is 58.2 Å². The van der Waals surface area contributed by atoms with Crippen LogP contribution in [0.1, 0.15) is 6.92 Å². The van der Waals surface area contributed by atoms with Crippen LogP contribution in [0.3, 0.4) is 0 Å². The molecule has 0 fully saturated rings. The van der Waals surface area contributed by atoms with E-state index in [1.54, 1.807) is 0 Å². The second kappa shape index (κ2) is 4.82. The fourth-order valence-electron chi connectivity index (χ4n) is 0.578. The van der Waals surface area contributed by atoms with Crippen LogP contribution in [0, 0.1) is 0 Å². The highest BCUT2D eigenvalue weighted by atomic mass is 16.2. The molecule has 0 aliphatic rings. The van der Waals surface area contributed by atoms with Crippen molar-refractivity contribution in [1.29, 1.82) is 0 Å². The number of carbonyl (C=O) groups is 2. The average molecular weight is 154 g/mol. The Bertz CT molecular complexity index is 161. The predicted molar refractivity (Wildman–Crippen MR) is 48.1 cm³/mol. The van der Waals surface area contributed by atoms with E-state index in [-0.39, 0.29) is 24.2 Å². The van der Waals surface area contributed by atoms with E-state index in [1.807, 2.05) is 14.8 Å². The quantitative estimate of drug-likeness (QED) is 0.438. The Labute approximate surface area is 67.9 Å². The van der Waals surface area contributed by atoms with Gasteiger partial charge in [-0.2, -0.15) is 0 Å². The molecule has 2 amide bonds. The maximum atomic E-state index is 10.8. The normalized spacial score (nSPS) is 11.7. The average Bonchev–Trinajstić information content (AvgIpc) is 1.82. The molecule has 4 nitrogen and oxygen atoms in total. The van der Waals surface area contributed by atoms with Crippen LogP contribution >= 0.6 is 0 Å². The van der Waals surface area contributed by atoms with Crippen LogP contribution in [0.4, 0.5) is 4.79 Å². The Morgan fingerprint density at radius 1 is 1.55 bits per heavy atom. The summed E-state index contributed by atoms with van der Waals surface area (Å²) in [5.74, 6) is -0.227.